The Morgan fingerprint density at radius 3 is 3.07 bits per heavy atom. The van der Waals surface area contributed by atoms with Gasteiger partial charge in [0.25, 0.3) is 0 Å². The van der Waals surface area contributed by atoms with Crippen LogP contribution in [-0.4, -0.2) is 29.2 Å². The summed E-state index contributed by atoms with van der Waals surface area (Å²) in [6, 6.07) is 5.42. The van der Waals surface area contributed by atoms with Crippen LogP contribution in [0.15, 0.2) is 16.5 Å². The number of hydrogen-bond donors (Lipinski definition) is 1. The molecule has 1 aromatic rings. The summed E-state index contributed by atoms with van der Waals surface area (Å²) in [6.45, 7) is 2.27. The fraction of sp³-hybridized carbons (Fsp3) is 0.500. The summed E-state index contributed by atoms with van der Waals surface area (Å²) in [4.78, 5) is 2.12. The second-order valence-corrected chi connectivity index (χ2v) is 3.56. The van der Waals surface area contributed by atoms with E-state index in [1.54, 1.807) is 6.07 Å². The second-order valence-electron chi connectivity index (χ2n) is 3.56. The first-order chi connectivity index (χ1) is 6.78. The highest BCUT2D eigenvalue weighted by atomic mass is 16.3. The fourth-order valence-electron chi connectivity index (χ4n) is 1.70. The molecular formula is C10H12N2O2. The van der Waals surface area contributed by atoms with Gasteiger partial charge in [-0.25, -0.2) is 0 Å². The van der Waals surface area contributed by atoms with Crippen molar-refractivity contribution in [3.8, 4) is 6.07 Å². The van der Waals surface area contributed by atoms with E-state index in [9.17, 15) is 5.11 Å². The predicted octanol–water partition coefficient (Wildman–Crippen LogP) is 0.718. The van der Waals surface area contributed by atoms with Crippen molar-refractivity contribution < 1.29 is 9.52 Å². The topological polar surface area (TPSA) is 60.4 Å². The van der Waals surface area contributed by atoms with Crippen LogP contribution in [0.5, 0.6) is 0 Å². The molecule has 0 aromatic carbocycles. The van der Waals surface area contributed by atoms with Crippen molar-refractivity contribution >= 4 is 0 Å². The third-order valence-corrected chi connectivity index (χ3v) is 2.40. The van der Waals surface area contributed by atoms with Crippen LogP contribution in [0, 0.1) is 11.3 Å². The predicted molar refractivity (Wildman–Crippen MR) is 49.3 cm³/mol. The highest BCUT2D eigenvalue weighted by molar-refractivity contribution is 5.19. The maximum absolute atomic E-state index is 9.30. The Kier molecular flexibility index (Phi) is 2.53. The number of nitrogens with zero attached hydrogens (tertiary/aromatic N) is 2. The summed E-state index contributed by atoms with van der Waals surface area (Å²) in [5.74, 6) is 1.13. The van der Waals surface area contributed by atoms with E-state index in [1.807, 2.05) is 12.1 Å². The molecule has 1 aliphatic heterocycles. The largest absolute Gasteiger partial charge is 0.449 e. The molecule has 0 amide bonds. The minimum atomic E-state index is -0.208. The van der Waals surface area contributed by atoms with Crippen molar-refractivity contribution in [1.82, 2.24) is 4.90 Å². The highest BCUT2D eigenvalue weighted by Crippen LogP contribution is 2.14. The van der Waals surface area contributed by atoms with Gasteiger partial charge in [-0.2, -0.15) is 5.26 Å². The van der Waals surface area contributed by atoms with Crippen molar-refractivity contribution in [3.63, 3.8) is 0 Å². The molecule has 1 aromatic heterocycles. The number of aliphatic hydroxyl groups excluding tert-OH is 1. The molecule has 1 fully saturated rings. The number of furan rings is 1. The maximum atomic E-state index is 9.30. The first kappa shape index (κ1) is 9.25. The lowest BCUT2D eigenvalue weighted by atomic mass is 10.3. The van der Waals surface area contributed by atoms with Gasteiger partial charge in [-0.1, -0.05) is 0 Å². The van der Waals surface area contributed by atoms with Crippen molar-refractivity contribution in [2.45, 2.75) is 19.1 Å². The molecule has 0 bridgehead atoms. The number of nitriles is 1. The van der Waals surface area contributed by atoms with Gasteiger partial charge in [0.15, 0.2) is 0 Å². The van der Waals surface area contributed by atoms with Gasteiger partial charge < -0.3 is 9.52 Å². The third-order valence-electron chi connectivity index (χ3n) is 2.40. The molecule has 1 aliphatic rings. The van der Waals surface area contributed by atoms with Crippen LogP contribution in [0.25, 0.3) is 0 Å². The van der Waals surface area contributed by atoms with Crippen molar-refractivity contribution in [1.29, 1.82) is 5.26 Å². The lowest BCUT2D eigenvalue weighted by Crippen LogP contribution is -2.21. The standard InChI is InChI=1S/C10H12N2O2/c11-5-9-1-2-10(14-9)7-12-4-3-8(13)6-12/h1-2,8,13H,3-4,6-7H2/t8-/m0/s1. The van der Waals surface area contributed by atoms with Crippen LogP contribution < -0.4 is 0 Å². The average Bonchev–Trinajstić information content (AvgIpc) is 2.76. The lowest BCUT2D eigenvalue weighted by Gasteiger charge is -2.11. The summed E-state index contributed by atoms with van der Waals surface area (Å²) in [5, 5.41) is 17.9. The Balaban J connectivity index is 1.95. The Bertz CT molecular complexity index is 353. The number of hydrogen-bond acceptors (Lipinski definition) is 4. The third kappa shape index (κ3) is 1.95. The van der Waals surface area contributed by atoms with Gasteiger partial charge in [0.05, 0.1) is 12.6 Å². The first-order valence-corrected chi connectivity index (χ1v) is 4.67. The van der Waals surface area contributed by atoms with Gasteiger partial charge in [0.1, 0.15) is 11.8 Å². The second kappa shape index (κ2) is 3.82. The van der Waals surface area contributed by atoms with Gasteiger partial charge in [0.2, 0.25) is 5.76 Å². The number of likely N-dealkylation sites (tertiary alicyclic amines) is 1. The number of rotatable bonds is 2. The molecule has 0 radical (unpaired) electrons. The van der Waals surface area contributed by atoms with Crippen molar-refractivity contribution in [2.24, 2.45) is 0 Å². The molecule has 2 heterocycles. The van der Waals surface area contributed by atoms with Gasteiger partial charge in [-0.15, -0.1) is 0 Å². The van der Waals surface area contributed by atoms with E-state index in [0.29, 0.717) is 18.8 Å². The Labute approximate surface area is 82.4 Å². The minimum Gasteiger partial charge on any atom is -0.449 e. The molecule has 4 nitrogen and oxygen atoms in total. The van der Waals surface area contributed by atoms with Crippen LogP contribution in [0.3, 0.4) is 0 Å². The molecule has 1 atom stereocenters. The van der Waals surface area contributed by atoms with E-state index in [-0.39, 0.29) is 6.10 Å². The highest BCUT2D eigenvalue weighted by Gasteiger charge is 2.20. The van der Waals surface area contributed by atoms with Crippen molar-refractivity contribution in [3.05, 3.63) is 23.7 Å². The van der Waals surface area contributed by atoms with E-state index in [1.165, 1.54) is 0 Å². The van der Waals surface area contributed by atoms with E-state index in [2.05, 4.69) is 4.90 Å². The Morgan fingerprint density at radius 2 is 2.50 bits per heavy atom. The molecule has 14 heavy (non-hydrogen) atoms. The Hall–Kier alpha value is -1.31. The first-order valence-electron chi connectivity index (χ1n) is 4.67. The van der Waals surface area contributed by atoms with Crippen LogP contribution in [-0.2, 0) is 6.54 Å². The minimum absolute atomic E-state index is 0.208. The molecule has 1 saturated heterocycles. The van der Waals surface area contributed by atoms with E-state index in [0.717, 1.165) is 18.7 Å². The summed E-state index contributed by atoms with van der Waals surface area (Å²) in [5.41, 5.74) is 0. The SMILES string of the molecule is N#Cc1ccc(CN2CC[C@H](O)C2)o1. The molecule has 0 saturated carbocycles. The Morgan fingerprint density at radius 1 is 1.64 bits per heavy atom. The van der Waals surface area contributed by atoms with E-state index in [4.69, 9.17) is 9.68 Å². The quantitative estimate of drug-likeness (QED) is 0.750. The molecule has 4 heteroatoms. The molecule has 1 N–H and O–H groups in total. The van der Waals surface area contributed by atoms with Crippen LogP contribution >= 0.6 is 0 Å². The fourth-order valence-corrected chi connectivity index (χ4v) is 1.70. The summed E-state index contributed by atoms with van der Waals surface area (Å²) >= 11 is 0. The van der Waals surface area contributed by atoms with E-state index < -0.39 is 0 Å². The van der Waals surface area contributed by atoms with Gasteiger partial charge in [-0.05, 0) is 18.6 Å². The summed E-state index contributed by atoms with van der Waals surface area (Å²) in [7, 11) is 0. The molecule has 0 unspecified atom stereocenters. The molecule has 0 aliphatic carbocycles. The van der Waals surface area contributed by atoms with Crippen molar-refractivity contribution in [2.75, 3.05) is 13.1 Å². The van der Waals surface area contributed by atoms with Gasteiger partial charge in [-0.3, -0.25) is 4.90 Å². The smallest absolute Gasteiger partial charge is 0.203 e. The van der Waals surface area contributed by atoms with E-state index >= 15 is 0 Å². The number of β-amino-alcohol motifs (C(OH)–C–C–N with tert-alkyl or cyclic N) is 1. The average molecular weight is 192 g/mol. The zero-order valence-electron chi connectivity index (χ0n) is 7.81. The summed E-state index contributed by atoms with van der Waals surface area (Å²) in [6.07, 6.45) is 0.617. The molecular weight excluding hydrogens is 180 g/mol. The van der Waals surface area contributed by atoms with Crippen LogP contribution in [0.2, 0.25) is 0 Å². The number of aliphatic hydroxyl groups is 1. The van der Waals surface area contributed by atoms with Gasteiger partial charge in [0, 0.05) is 13.1 Å². The summed E-state index contributed by atoms with van der Waals surface area (Å²) < 4.78 is 5.25. The molecule has 0 spiro atoms. The normalized spacial score (nSPS) is 22.4. The zero-order valence-corrected chi connectivity index (χ0v) is 7.81. The molecule has 74 valence electrons. The van der Waals surface area contributed by atoms with Crippen LogP contribution in [0.1, 0.15) is 17.9 Å². The molecule has 2 rings (SSSR count). The monoisotopic (exact) mass is 192 g/mol. The van der Waals surface area contributed by atoms with Gasteiger partial charge >= 0.3 is 0 Å². The van der Waals surface area contributed by atoms with Crippen LogP contribution in [0.4, 0.5) is 0 Å². The lowest BCUT2D eigenvalue weighted by molar-refractivity contribution is 0.172. The maximum Gasteiger partial charge on any atom is 0.203 e. The zero-order chi connectivity index (χ0) is 9.97.